The van der Waals surface area contributed by atoms with Gasteiger partial charge in [-0.25, -0.2) is 4.68 Å². The van der Waals surface area contributed by atoms with Gasteiger partial charge in [-0.15, -0.1) is 0 Å². The van der Waals surface area contributed by atoms with Gasteiger partial charge in [0.15, 0.2) is 0 Å². The van der Waals surface area contributed by atoms with Gasteiger partial charge in [0, 0.05) is 12.1 Å². The van der Waals surface area contributed by atoms with Gasteiger partial charge in [-0.3, -0.25) is 4.79 Å². The van der Waals surface area contributed by atoms with E-state index in [2.05, 4.69) is 5.10 Å². The zero-order valence-electron chi connectivity index (χ0n) is 9.46. The zero-order valence-corrected chi connectivity index (χ0v) is 9.46. The van der Waals surface area contributed by atoms with E-state index in [1.807, 2.05) is 6.92 Å². The Labute approximate surface area is 93.6 Å². The minimum absolute atomic E-state index is 0.0973. The van der Waals surface area contributed by atoms with Crippen LogP contribution in [0.2, 0.25) is 0 Å². The SMILES string of the molecule is CC(N)COc1cnn(CC(C)O)c(=O)c1. The molecule has 0 aliphatic carbocycles. The molecule has 0 aromatic carbocycles. The fraction of sp³-hybridized carbons (Fsp3) is 0.600. The minimum atomic E-state index is -0.610. The van der Waals surface area contributed by atoms with Crippen LogP contribution in [-0.2, 0) is 6.54 Å². The first-order valence-electron chi connectivity index (χ1n) is 5.12. The highest BCUT2D eigenvalue weighted by atomic mass is 16.5. The predicted octanol–water partition coefficient (Wildman–Crippen LogP) is -0.650. The molecule has 0 aliphatic heterocycles. The highest BCUT2D eigenvalue weighted by molar-refractivity contribution is 5.13. The topological polar surface area (TPSA) is 90.4 Å². The van der Waals surface area contributed by atoms with Crippen LogP contribution in [0, 0.1) is 0 Å². The van der Waals surface area contributed by atoms with Gasteiger partial charge < -0.3 is 15.6 Å². The normalized spacial score (nSPS) is 14.5. The van der Waals surface area contributed by atoms with Gasteiger partial charge in [0.25, 0.3) is 5.56 Å². The van der Waals surface area contributed by atoms with Crippen molar-refractivity contribution < 1.29 is 9.84 Å². The van der Waals surface area contributed by atoms with Crippen molar-refractivity contribution in [1.29, 1.82) is 0 Å². The monoisotopic (exact) mass is 227 g/mol. The Balaban J connectivity index is 2.71. The molecule has 0 radical (unpaired) electrons. The summed E-state index contributed by atoms with van der Waals surface area (Å²) < 4.78 is 6.43. The van der Waals surface area contributed by atoms with Crippen LogP contribution in [0.25, 0.3) is 0 Å². The maximum absolute atomic E-state index is 11.5. The number of ether oxygens (including phenoxy) is 1. The van der Waals surface area contributed by atoms with E-state index in [0.29, 0.717) is 12.4 Å². The Morgan fingerprint density at radius 1 is 1.62 bits per heavy atom. The van der Waals surface area contributed by atoms with Gasteiger partial charge in [-0.05, 0) is 13.8 Å². The van der Waals surface area contributed by atoms with E-state index in [-0.39, 0.29) is 18.1 Å². The summed E-state index contributed by atoms with van der Waals surface area (Å²) in [7, 11) is 0. The van der Waals surface area contributed by atoms with Gasteiger partial charge in [0.05, 0.1) is 18.8 Å². The maximum Gasteiger partial charge on any atom is 0.270 e. The third-order valence-corrected chi connectivity index (χ3v) is 1.79. The smallest absolute Gasteiger partial charge is 0.270 e. The lowest BCUT2D eigenvalue weighted by Gasteiger charge is -2.10. The highest BCUT2D eigenvalue weighted by Crippen LogP contribution is 2.03. The molecule has 0 spiro atoms. The summed E-state index contributed by atoms with van der Waals surface area (Å²) in [5.74, 6) is 0.393. The largest absolute Gasteiger partial charge is 0.490 e. The van der Waals surface area contributed by atoms with Crippen molar-refractivity contribution in [2.45, 2.75) is 32.5 Å². The van der Waals surface area contributed by atoms with E-state index < -0.39 is 6.10 Å². The van der Waals surface area contributed by atoms with Crippen LogP contribution in [0.15, 0.2) is 17.1 Å². The predicted molar refractivity (Wildman–Crippen MR) is 59.3 cm³/mol. The highest BCUT2D eigenvalue weighted by Gasteiger charge is 2.04. The summed E-state index contributed by atoms with van der Waals surface area (Å²) in [4.78, 5) is 11.5. The molecule has 0 saturated heterocycles. The van der Waals surface area contributed by atoms with Crippen molar-refractivity contribution in [2.24, 2.45) is 5.73 Å². The van der Waals surface area contributed by atoms with Crippen molar-refractivity contribution in [3.05, 3.63) is 22.6 Å². The van der Waals surface area contributed by atoms with Crippen LogP contribution in [0.5, 0.6) is 5.75 Å². The van der Waals surface area contributed by atoms with E-state index in [9.17, 15) is 4.79 Å². The molecule has 16 heavy (non-hydrogen) atoms. The first-order valence-corrected chi connectivity index (χ1v) is 5.12. The summed E-state index contributed by atoms with van der Waals surface area (Å²) in [6.45, 7) is 3.91. The van der Waals surface area contributed by atoms with E-state index in [1.165, 1.54) is 16.9 Å². The standard InChI is InChI=1S/C10H17N3O3/c1-7(11)6-16-9-3-10(15)13(12-4-9)5-8(2)14/h3-4,7-8,14H,5-6,11H2,1-2H3. The maximum atomic E-state index is 11.5. The Bertz CT molecular complexity index is 387. The van der Waals surface area contributed by atoms with Crippen LogP contribution >= 0.6 is 0 Å². The van der Waals surface area contributed by atoms with Crippen LogP contribution < -0.4 is 16.0 Å². The Hall–Kier alpha value is -1.40. The van der Waals surface area contributed by atoms with E-state index in [4.69, 9.17) is 15.6 Å². The lowest BCUT2D eigenvalue weighted by Crippen LogP contribution is -2.28. The molecular weight excluding hydrogens is 210 g/mol. The Morgan fingerprint density at radius 2 is 2.31 bits per heavy atom. The molecule has 3 N–H and O–H groups in total. The number of hydrogen-bond donors (Lipinski definition) is 2. The molecule has 6 nitrogen and oxygen atoms in total. The first kappa shape index (κ1) is 12.7. The molecule has 0 saturated carbocycles. The average molecular weight is 227 g/mol. The molecule has 1 aromatic rings. The summed E-state index contributed by atoms with van der Waals surface area (Å²) in [5, 5.41) is 13.0. The van der Waals surface area contributed by atoms with Crippen molar-refractivity contribution in [3.8, 4) is 5.75 Å². The molecular formula is C10H17N3O3. The fourth-order valence-corrected chi connectivity index (χ4v) is 1.11. The molecule has 2 atom stereocenters. The van der Waals surface area contributed by atoms with Crippen LogP contribution in [0.1, 0.15) is 13.8 Å². The van der Waals surface area contributed by atoms with Gasteiger partial charge in [-0.2, -0.15) is 5.10 Å². The Morgan fingerprint density at radius 3 is 2.81 bits per heavy atom. The lowest BCUT2D eigenvalue weighted by atomic mass is 10.4. The number of nitrogens with two attached hydrogens (primary N) is 1. The van der Waals surface area contributed by atoms with Crippen LogP contribution in [0.3, 0.4) is 0 Å². The molecule has 90 valence electrons. The van der Waals surface area contributed by atoms with Crippen LogP contribution in [-0.4, -0.2) is 33.6 Å². The zero-order chi connectivity index (χ0) is 12.1. The lowest BCUT2D eigenvalue weighted by molar-refractivity contribution is 0.165. The molecule has 0 amide bonds. The molecule has 6 heteroatoms. The van der Waals surface area contributed by atoms with Gasteiger partial charge in [-0.1, -0.05) is 0 Å². The molecule has 0 aliphatic rings. The minimum Gasteiger partial charge on any atom is -0.490 e. The molecule has 0 bridgehead atoms. The number of nitrogens with zero attached hydrogens (tertiary/aromatic N) is 2. The van der Waals surface area contributed by atoms with Crippen molar-refractivity contribution in [2.75, 3.05) is 6.61 Å². The van der Waals surface area contributed by atoms with Crippen LogP contribution in [0.4, 0.5) is 0 Å². The van der Waals surface area contributed by atoms with Gasteiger partial charge in [0.2, 0.25) is 0 Å². The second-order valence-corrected chi connectivity index (χ2v) is 3.85. The van der Waals surface area contributed by atoms with Crippen molar-refractivity contribution >= 4 is 0 Å². The third-order valence-electron chi connectivity index (χ3n) is 1.79. The van der Waals surface area contributed by atoms with Gasteiger partial charge >= 0.3 is 0 Å². The second kappa shape index (κ2) is 5.62. The van der Waals surface area contributed by atoms with E-state index in [1.54, 1.807) is 6.92 Å². The average Bonchev–Trinajstić information content (AvgIpc) is 2.18. The summed E-state index contributed by atoms with van der Waals surface area (Å²) in [5.41, 5.74) is 5.21. The number of rotatable bonds is 5. The first-order chi connectivity index (χ1) is 7.49. The van der Waals surface area contributed by atoms with E-state index in [0.717, 1.165) is 0 Å². The van der Waals surface area contributed by atoms with Crippen molar-refractivity contribution in [3.63, 3.8) is 0 Å². The summed E-state index contributed by atoms with van der Waals surface area (Å²) in [6.07, 6.45) is 0.827. The number of aliphatic hydroxyl groups is 1. The third kappa shape index (κ3) is 4.00. The number of hydrogen-bond acceptors (Lipinski definition) is 5. The molecule has 1 aromatic heterocycles. The number of aromatic nitrogens is 2. The second-order valence-electron chi connectivity index (χ2n) is 3.85. The van der Waals surface area contributed by atoms with E-state index >= 15 is 0 Å². The molecule has 0 fully saturated rings. The summed E-state index contributed by atoms with van der Waals surface area (Å²) >= 11 is 0. The number of aliphatic hydroxyl groups excluding tert-OH is 1. The fourth-order valence-electron chi connectivity index (χ4n) is 1.11. The Kier molecular flexibility index (Phi) is 4.45. The summed E-state index contributed by atoms with van der Waals surface area (Å²) in [6, 6.07) is 1.23. The molecule has 1 heterocycles. The molecule has 2 unspecified atom stereocenters. The van der Waals surface area contributed by atoms with Crippen molar-refractivity contribution in [1.82, 2.24) is 9.78 Å². The quantitative estimate of drug-likeness (QED) is 0.697. The van der Waals surface area contributed by atoms with Gasteiger partial charge in [0.1, 0.15) is 12.4 Å². The molecule has 1 rings (SSSR count).